The topological polar surface area (TPSA) is 56.8 Å². The van der Waals surface area contributed by atoms with Gasteiger partial charge in [-0.05, 0) is 85.6 Å². The Balaban J connectivity index is 1.65. The maximum Gasteiger partial charge on any atom is 0.332 e. The molecule has 0 radical (unpaired) electrons. The number of carbonyl (C=O) groups excluding carboxylic acids is 1. The third-order valence-corrected chi connectivity index (χ3v) is 6.77. The Morgan fingerprint density at radius 1 is 1.15 bits per heavy atom. The molecule has 6 heteroatoms. The van der Waals surface area contributed by atoms with Crippen LogP contribution >= 0.6 is 0 Å². The molecule has 2 aromatic rings. The summed E-state index contributed by atoms with van der Waals surface area (Å²) in [6, 6.07) is 13.2. The maximum absolute atomic E-state index is 13.9. The van der Waals surface area contributed by atoms with Crippen LogP contribution in [0, 0.1) is 11.7 Å². The van der Waals surface area contributed by atoms with Crippen LogP contribution in [0.1, 0.15) is 55.7 Å². The molecule has 5 nitrogen and oxygen atoms in total. The number of aryl methyl sites for hydroxylation is 2. The van der Waals surface area contributed by atoms with Crippen LogP contribution in [0.3, 0.4) is 0 Å². The zero-order chi connectivity index (χ0) is 24.6. The standard InChI is InChI=1S/C28H38FNO4/c1-20(2)27-25-12-9-23(29)18-22(25)13-14-28(27,34-26(31)19-32-3)15-17-30-16-5-6-21-7-10-24(33-4)11-8-21/h7-12,18,20,27,30H,5-6,13-17,19H2,1-4H3/t27-,28-/m1/s1. The quantitative estimate of drug-likeness (QED) is 0.346. The summed E-state index contributed by atoms with van der Waals surface area (Å²) in [5, 5.41) is 3.54. The molecule has 0 heterocycles. The fourth-order valence-corrected chi connectivity index (χ4v) is 5.30. The number of esters is 1. The van der Waals surface area contributed by atoms with Gasteiger partial charge in [-0.15, -0.1) is 0 Å². The van der Waals surface area contributed by atoms with Crippen LogP contribution in [0.2, 0.25) is 0 Å². The van der Waals surface area contributed by atoms with Gasteiger partial charge in [-0.1, -0.05) is 32.0 Å². The van der Waals surface area contributed by atoms with Gasteiger partial charge in [-0.3, -0.25) is 0 Å². The van der Waals surface area contributed by atoms with Gasteiger partial charge in [0.2, 0.25) is 0 Å². The van der Waals surface area contributed by atoms with Crippen molar-refractivity contribution >= 4 is 5.97 Å². The van der Waals surface area contributed by atoms with Gasteiger partial charge in [0, 0.05) is 19.4 Å². The van der Waals surface area contributed by atoms with Gasteiger partial charge >= 0.3 is 5.97 Å². The van der Waals surface area contributed by atoms with Gasteiger partial charge in [0.05, 0.1) is 7.11 Å². The van der Waals surface area contributed by atoms with Crippen molar-refractivity contribution in [3.05, 3.63) is 65.0 Å². The Labute approximate surface area is 203 Å². The number of ether oxygens (including phenoxy) is 3. The van der Waals surface area contributed by atoms with E-state index in [1.165, 1.54) is 18.7 Å². The van der Waals surface area contributed by atoms with Gasteiger partial charge < -0.3 is 19.5 Å². The molecule has 0 saturated heterocycles. The molecule has 0 fully saturated rings. The van der Waals surface area contributed by atoms with E-state index in [9.17, 15) is 9.18 Å². The van der Waals surface area contributed by atoms with Crippen molar-refractivity contribution in [2.75, 3.05) is 33.9 Å². The normalized spacial score (nSPS) is 19.6. The summed E-state index contributed by atoms with van der Waals surface area (Å²) in [5.41, 5.74) is 2.75. The first-order valence-electron chi connectivity index (χ1n) is 12.2. The molecular formula is C28H38FNO4. The molecule has 3 rings (SSSR count). The van der Waals surface area contributed by atoms with Crippen molar-refractivity contribution in [1.82, 2.24) is 5.32 Å². The highest BCUT2D eigenvalue weighted by Gasteiger charge is 2.47. The zero-order valence-corrected chi connectivity index (χ0v) is 20.9. The van der Waals surface area contributed by atoms with E-state index >= 15 is 0 Å². The Morgan fingerprint density at radius 3 is 2.59 bits per heavy atom. The molecule has 34 heavy (non-hydrogen) atoms. The first kappa shape index (κ1) is 26.2. The predicted molar refractivity (Wildman–Crippen MR) is 132 cm³/mol. The lowest BCUT2D eigenvalue weighted by Gasteiger charge is -2.46. The Morgan fingerprint density at radius 2 is 1.91 bits per heavy atom. The summed E-state index contributed by atoms with van der Waals surface area (Å²) in [6.07, 6.45) is 4.06. The highest BCUT2D eigenvalue weighted by Crippen LogP contribution is 2.48. The van der Waals surface area contributed by atoms with Crippen molar-refractivity contribution in [3.63, 3.8) is 0 Å². The number of hydrogen-bond acceptors (Lipinski definition) is 5. The van der Waals surface area contributed by atoms with E-state index in [0.717, 1.165) is 42.8 Å². The second kappa shape index (κ2) is 12.3. The third-order valence-electron chi connectivity index (χ3n) is 6.77. The SMILES string of the molecule is COCC(=O)O[C@@]1(CCNCCCc2ccc(OC)cc2)CCc2cc(F)ccc2[C@H]1C(C)C. The maximum atomic E-state index is 13.9. The fraction of sp³-hybridized carbons (Fsp3) is 0.536. The van der Waals surface area contributed by atoms with Crippen molar-refractivity contribution in [2.24, 2.45) is 5.92 Å². The van der Waals surface area contributed by atoms with Crippen LogP contribution in [0.25, 0.3) is 0 Å². The van der Waals surface area contributed by atoms with E-state index in [0.29, 0.717) is 19.3 Å². The summed E-state index contributed by atoms with van der Waals surface area (Å²) >= 11 is 0. The van der Waals surface area contributed by atoms with Crippen LogP contribution in [0.4, 0.5) is 4.39 Å². The Kier molecular flexibility index (Phi) is 9.48. The molecule has 0 amide bonds. The lowest BCUT2D eigenvalue weighted by Crippen LogP contribution is -2.49. The average molecular weight is 472 g/mol. The van der Waals surface area contributed by atoms with Crippen LogP contribution < -0.4 is 10.1 Å². The molecule has 2 atom stereocenters. The molecule has 0 bridgehead atoms. The molecule has 2 aromatic carbocycles. The molecular weight excluding hydrogens is 433 g/mol. The number of hydrogen-bond donors (Lipinski definition) is 1. The summed E-state index contributed by atoms with van der Waals surface area (Å²) < 4.78 is 30.3. The van der Waals surface area contributed by atoms with Crippen molar-refractivity contribution in [1.29, 1.82) is 0 Å². The van der Waals surface area contributed by atoms with E-state index < -0.39 is 5.60 Å². The second-order valence-corrected chi connectivity index (χ2v) is 9.49. The van der Waals surface area contributed by atoms with Gasteiger partial charge in [-0.25, -0.2) is 9.18 Å². The number of nitrogens with one attached hydrogen (secondary N) is 1. The molecule has 0 aliphatic heterocycles. The number of carbonyl (C=O) groups is 1. The van der Waals surface area contributed by atoms with Gasteiger partial charge in [0.1, 0.15) is 23.8 Å². The minimum absolute atomic E-state index is 0.00115. The lowest BCUT2D eigenvalue weighted by atomic mass is 9.65. The summed E-state index contributed by atoms with van der Waals surface area (Å²) in [4.78, 5) is 12.6. The van der Waals surface area contributed by atoms with E-state index in [1.807, 2.05) is 18.2 Å². The zero-order valence-electron chi connectivity index (χ0n) is 20.9. The molecule has 0 aromatic heterocycles. The lowest BCUT2D eigenvalue weighted by molar-refractivity contribution is -0.171. The van der Waals surface area contributed by atoms with Crippen LogP contribution in [0.5, 0.6) is 5.75 Å². The molecule has 0 saturated carbocycles. The molecule has 1 aliphatic rings. The Bertz CT molecular complexity index is 931. The summed E-state index contributed by atoms with van der Waals surface area (Å²) in [6.45, 7) is 5.83. The highest BCUT2D eigenvalue weighted by atomic mass is 19.1. The van der Waals surface area contributed by atoms with Crippen LogP contribution in [-0.2, 0) is 27.1 Å². The number of rotatable bonds is 12. The first-order chi connectivity index (χ1) is 16.4. The molecule has 0 spiro atoms. The highest BCUT2D eigenvalue weighted by molar-refractivity contribution is 5.71. The van der Waals surface area contributed by atoms with Gasteiger partial charge in [0.25, 0.3) is 0 Å². The van der Waals surface area contributed by atoms with Crippen LogP contribution in [-0.4, -0.2) is 45.5 Å². The number of halogens is 1. The van der Waals surface area contributed by atoms with E-state index in [2.05, 4.69) is 31.3 Å². The minimum Gasteiger partial charge on any atom is -0.497 e. The van der Waals surface area contributed by atoms with Crippen molar-refractivity contribution < 1.29 is 23.4 Å². The number of methoxy groups -OCH3 is 2. The molecule has 186 valence electrons. The monoisotopic (exact) mass is 471 g/mol. The summed E-state index contributed by atoms with van der Waals surface area (Å²) in [7, 11) is 3.17. The summed E-state index contributed by atoms with van der Waals surface area (Å²) in [5.74, 6) is 0.530. The van der Waals surface area contributed by atoms with Gasteiger partial charge in [-0.2, -0.15) is 0 Å². The predicted octanol–water partition coefficient (Wildman–Crippen LogP) is 5.06. The van der Waals surface area contributed by atoms with Crippen molar-refractivity contribution in [3.8, 4) is 5.75 Å². The third kappa shape index (κ3) is 6.57. The molecule has 1 aliphatic carbocycles. The largest absolute Gasteiger partial charge is 0.497 e. The van der Waals surface area contributed by atoms with E-state index in [4.69, 9.17) is 14.2 Å². The smallest absolute Gasteiger partial charge is 0.332 e. The molecule has 0 unspecified atom stereocenters. The van der Waals surface area contributed by atoms with E-state index in [1.54, 1.807) is 13.2 Å². The number of benzene rings is 2. The van der Waals surface area contributed by atoms with Crippen molar-refractivity contribution in [2.45, 2.75) is 57.5 Å². The van der Waals surface area contributed by atoms with E-state index in [-0.39, 0.29) is 30.2 Å². The molecule has 1 N–H and O–H groups in total. The Hall–Kier alpha value is -2.44. The second-order valence-electron chi connectivity index (χ2n) is 9.49. The number of fused-ring (bicyclic) bond motifs is 1. The minimum atomic E-state index is -0.641. The average Bonchev–Trinajstić information content (AvgIpc) is 2.81. The first-order valence-corrected chi connectivity index (χ1v) is 12.2. The van der Waals surface area contributed by atoms with Crippen LogP contribution in [0.15, 0.2) is 42.5 Å². The fourth-order valence-electron chi connectivity index (χ4n) is 5.30. The van der Waals surface area contributed by atoms with Gasteiger partial charge in [0.15, 0.2) is 0 Å².